The Kier molecular flexibility index (Phi) is 3.24. The average Bonchev–Trinajstić information content (AvgIpc) is 1.63. The number of ether oxygens (including phenoxy) is 1. The van der Waals surface area contributed by atoms with E-state index >= 15 is 0 Å². The van der Waals surface area contributed by atoms with E-state index in [1.807, 2.05) is 0 Å². The molecule has 2 atom stereocenters. The summed E-state index contributed by atoms with van der Waals surface area (Å²) in [4.78, 5) is 10.3. The Bertz CT molecular complexity index is 101. The van der Waals surface area contributed by atoms with E-state index in [0.29, 0.717) is 0 Å². The molecule has 0 aliphatic rings. The van der Waals surface area contributed by atoms with E-state index in [1.165, 1.54) is 6.92 Å². The van der Waals surface area contributed by atoms with Gasteiger partial charge in [0.25, 0.3) is 0 Å². The normalized spacial score (nSPS) is 16.4. The second-order valence-electron chi connectivity index (χ2n) is 2.17. The summed E-state index contributed by atoms with van der Waals surface area (Å²) < 4.78 is 4.75. The van der Waals surface area contributed by atoms with Crippen molar-refractivity contribution in [1.82, 2.24) is 0 Å². The number of carbonyl (C=O) groups excluding carboxylic acids is 1. The summed E-state index contributed by atoms with van der Waals surface area (Å²) in [5, 5.41) is 0. The topological polar surface area (TPSA) is 52.3 Å². The third-order valence-corrected chi connectivity index (χ3v) is 1.09. The molecule has 0 aromatic carbocycles. The number of nitrogens with two attached hydrogens (primary N) is 1. The maximum absolute atomic E-state index is 10.3. The van der Waals surface area contributed by atoms with Crippen LogP contribution in [-0.4, -0.2) is 18.1 Å². The molecule has 0 rings (SSSR count). The Morgan fingerprint density at radius 2 is 2.00 bits per heavy atom. The largest absolute Gasteiger partial charge is 0.461 e. The quantitative estimate of drug-likeness (QED) is 0.548. The van der Waals surface area contributed by atoms with Gasteiger partial charge in [0.1, 0.15) is 6.10 Å². The van der Waals surface area contributed by atoms with Crippen LogP contribution in [0, 0.1) is 0 Å². The van der Waals surface area contributed by atoms with Crippen molar-refractivity contribution in [1.29, 1.82) is 0 Å². The predicted octanol–water partition coefficient (Wildman–Crippen LogP) is 0.285. The molecule has 54 valence electrons. The first kappa shape index (κ1) is 8.43. The van der Waals surface area contributed by atoms with Gasteiger partial charge < -0.3 is 10.5 Å². The van der Waals surface area contributed by atoms with E-state index in [1.54, 1.807) is 13.8 Å². The fourth-order valence-corrected chi connectivity index (χ4v) is 0.369. The first-order valence-electron chi connectivity index (χ1n) is 2.97. The van der Waals surface area contributed by atoms with Crippen molar-refractivity contribution in [3.05, 3.63) is 0 Å². The maximum atomic E-state index is 10.3. The molecule has 0 saturated heterocycles. The van der Waals surface area contributed by atoms with Gasteiger partial charge in [0.05, 0.1) is 0 Å². The summed E-state index contributed by atoms with van der Waals surface area (Å²) >= 11 is 0. The van der Waals surface area contributed by atoms with Crippen LogP contribution in [0.5, 0.6) is 0 Å². The highest BCUT2D eigenvalue weighted by Crippen LogP contribution is 1.94. The van der Waals surface area contributed by atoms with Crippen LogP contribution in [0.2, 0.25) is 0 Å². The minimum absolute atomic E-state index is 0.0890. The first-order valence-corrected chi connectivity index (χ1v) is 2.97. The van der Waals surface area contributed by atoms with Crippen molar-refractivity contribution < 1.29 is 9.53 Å². The molecule has 2 N–H and O–H groups in total. The molecule has 0 amide bonds. The van der Waals surface area contributed by atoms with Crippen molar-refractivity contribution in [3.63, 3.8) is 0 Å². The number of hydrogen-bond donors (Lipinski definition) is 1. The van der Waals surface area contributed by atoms with Gasteiger partial charge in [-0.25, -0.2) is 0 Å². The summed E-state index contributed by atoms with van der Waals surface area (Å²) in [6, 6.07) is -0.0890. The lowest BCUT2D eigenvalue weighted by Crippen LogP contribution is -2.32. The molecule has 0 radical (unpaired) electrons. The van der Waals surface area contributed by atoms with Crippen molar-refractivity contribution >= 4 is 5.97 Å². The lowest BCUT2D eigenvalue weighted by atomic mass is 10.2. The molecule has 2 unspecified atom stereocenters. The Hall–Kier alpha value is -0.570. The van der Waals surface area contributed by atoms with Gasteiger partial charge >= 0.3 is 5.97 Å². The molecule has 3 nitrogen and oxygen atoms in total. The lowest BCUT2D eigenvalue weighted by molar-refractivity contribution is -0.146. The minimum Gasteiger partial charge on any atom is -0.461 e. The van der Waals surface area contributed by atoms with Gasteiger partial charge in [0, 0.05) is 13.0 Å². The highest BCUT2D eigenvalue weighted by molar-refractivity contribution is 5.66. The van der Waals surface area contributed by atoms with E-state index in [9.17, 15) is 4.79 Å². The van der Waals surface area contributed by atoms with Crippen LogP contribution in [0.25, 0.3) is 0 Å². The molecule has 0 saturated carbocycles. The standard InChI is InChI=1S/C6H13NO2/c1-4(7)5(2)9-6(3)8/h4-5H,7H2,1-3H3. The molecular weight excluding hydrogens is 118 g/mol. The van der Waals surface area contributed by atoms with Crippen LogP contribution in [0.3, 0.4) is 0 Å². The zero-order chi connectivity index (χ0) is 7.44. The number of hydrogen-bond acceptors (Lipinski definition) is 3. The molecule has 0 bridgehead atoms. The lowest BCUT2D eigenvalue weighted by Gasteiger charge is -2.14. The molecule has 0 aliphatic carbocycles. The van der Waals surface area contributed by atoms with Gasteiger partial charge in [0.15, 0.2) is 0 Å². The SMILES string of the molecule is CC(=O)OC(C)C(C)N. The van der Waals surface area contributed by atoms with Gasteiger partial charge in [-0.3, -0.25) is 4.79 Å². The molecule has 0 fully saturated rings. The van der Waals surface area contributed by atoms with E-state index in [-0.39, 0.29) is 18.1 Å². The Morgan fingerprint density at radius 3 is 2.11 bits per heavy atom. The van der Waals surface area contributed by atoms with Crippen molar-refractivity contribution in [2.75, 3.05) is 0 Å². The molecule has 0 aromatic heterocycles. The second-order valence-corrected chi connectivity index (χ2v) is 2.17. The number of rotatable bonds is 2. The molecular formula is C6H13NO2. The van der Waals surface area contributed by atoms with Crippen LogP contribution < -0.4 is 5.73 Å². The molecule has 3 heteroatoms. The molecule has 0 heterocycles. The fourth-order valence-electron chi connectivity index (χ4n) is 0.369. The third-order valence-electron chi connectivity index (χ3n) is 1.09. The monoisotopic (exact) mass is 131 g/mol. The fraction of sp³-hybridized carbons (Fsp3) is 0.833. The van der Waals surface area contributed by atoms with Crippen LogP contribution in [-0.2, 0) is 9.53 Å². The number of carbonyl (C=O) groups is 1. The van der Waals surface area contributed by atoms with Gasteiger partial charge in [-0.1, -0.05) is 0 Å². The molecule has 9 heavy (non-hydrogen) atoms. The summed E-state index contributed by atoms with van der Waals surface area (Å²) in [5.74, 6) is -0.278. The summed E-state index contributed by atoms with van der Waals surface area (Å²) in [5.41, 5.74) is 5.41. The van der Waals surface area contributed by atoms with Crippen LogP contribution in [0.15, 0.2) is 0 Å². The maximum Gasteiger partial charge on any atom is 0.302 e. The Labute approximate surface area is 55.2 Å². The van der Waals surface area contributed by atoms with Crippen molar-refractivity contribution in [2.45, 2.75) is 32.9 Å². The predicted molar refractivity (Wildman–Crippen MR) is 34.9 cm³/mol. The summed E-state index contributed by atoms with van der Waals surface area (Å²) in [6.07, 6.45) is -0.178. The molecule has 0 aromatic rings. The van der Waals surface area contributed by atoms with Crippen molar-refractivity contribution in [2.24, 2.45) is 5.73 Å². The molecule has 0 aliphatic heterocycles. The van der Waals surface area contributed by atoms with Crippen LogP contribution >= 0.6 is 0 Å². The first-order chi connectivity index (χ1) is 4.04. The summed E-state index contributed by atoms with van der Waals surface area (Å²) in [7, 11) is 0. The zero-order valence-corrected chi connectivity index (χ0v) is 6.05. The Morgan fingerprint density at radius 1 is 1.56 bits per heavy atom. The zero-order valence-electron chi connectivity index (χ0n) is 6.05. The number of esters is 1. The van der Waals surface area contributed by atoms with E-state index in [0.717, 1.165) is 0 Å². The van der Waals surface area contributed by atoms with Gasteiger partial charge in [0.2, 0.25) is 0 Å². The average molecular weight is 131 g/mol. The minimum atomic E-state index is -0.278. The highest BCUT2D eigenvalue weighted by Gasteiger charge is 2.08. The van der Waals surface area contributed by atoms with Gasteiger partial charge in [-0.05, 0) is 13.8 Å². The van der Waals surface area contributed by atoms with Gasteiger partial charge in [-0.15, -0.1) is 0 Å². The van der Waals surface area contributed by atoms with Crippen LogP contribution in [0.4, 0.5) is 0 Å². The highest BCUT2D eigenvalue weighted by atomic mass is 16.5. The van der Waals surface area contributed by atoms with Crippen LogP contribution in [0.1, 0.15) is 20.8 Å². The third kappa shape index (κ3) is 3.97. The van der Waals surface area contributed by atoms with E-state index in [2.05, 4.69) is 0 Å². The van der Waals surface area contributed by atoms with Crippen molar-refractivity contribution in [3.8, 4) is 0 Å². The van der Waals surface area contributed by atoms with E-state index < -0.39 is 0 Å². The Balaban J connectivity index is 3.50. The summed E-state index contributed by atoms with van der Waals surface area (Å²) in [6.45, 7) is 4.94. The van der Waals surface area contributed by atoms with Gasteiger partial charge in [-0.2, -0.15) is 0 Å². The molecule has 0 spiro atoms. The van der Waals surface area contributed by atoms with E-state index in [4.69, 9.17) is 10.5 Å². The second kappa shape index (κ2) is 3.45. The smallest absolute Gasteiger partial charge is 0.302 e.